The Bertz CT molecular complexity index is 996. The highest BCUT2D eigenvalue weighted by Crippen LogP contribution is 2.30. The molecule has 0 radical (unpaired) electrons. The number of nitrogens with zero attached hydrogens (tertiary/aromatic N) is 2. The highest BCUT2D eigenvalue weighted by Gasteiger charge is 2.11. The van der Waals surface area contributed by atoms with Crippen LogP contribution in [0.2, 0.25) is 0 Å². The van der Waals surface area contributed by atoms with Gasteiger partial charge in [-0.3, -0.25) is 4.79 Å². The lowest BCUT2D eigenvalue weighted by Crippen LogP contribution is -1.95. The second-order valence-corrected chi connectivity index (χ2v) is 5.95. The summed E-state index contributed by atoms with van der Waals surface area (Å²) in [7, 11) is 0. The molecular formula is C19H12N2O2S. The molecule has 0 saturated carbocycles. The largest absolute Gasteiger partial charge is 0.438 e. The zero-order valence-corrected chi connectivity index (χ0v) is 13.4. The zero-order chi connectivity index (χ0) is 16.4. The van der Waals surface area contributed by atoms with Crippen LogP contribution >= 0.6 is 11.3 Å². The summed E-state index contributed by atoms with van der Waals surface area (Å²) in [5.74, 6) is 1.76. The molecule has 2 heterocycles. The number of carbonyl (C=O) groups excluding carboxylic acids is 1. The zero-order valence-electron chi connectivity index (χ0n) is 12.5. The molecule has 4 aromatic rings. The SMILES string of the molecule is O=Cc1ccc(Oc2nc(-c3ccsc3)nc3ccccc23)cc1. The number of ether oxygens (including phenoxy) is 1. The molecule has 4 rings (SSSR count). The molecule has 0 aliphatic carbocycles. The van der Waals surface area contributed by atoms with Crippen LogP contribution in [-0.4, -0.2) is 16.3 Å². The van der Waals surface area contributed by atoms with E-state index in [1.54, 1.807) is 35.6 Å². The third kappa shape index (κ3) is 2.77. The van der Waals surface area contributed by atoms with Crippen LogP contribution < -0.4 is 4.74 Å². The van der Waals surface area contributed by atoms with Crippen molar-refractivity contribution in [2.45, 2.75) is 0 Å². The number of carbonyl (C=O) groups is 1. The Hall–Kier alpha value is -3.05. The summed E-state index contributed by atoms with van der Waals surface area (Å²) in [5, 5.41) is 4.84. The molecule has 0 spiro atoms. The topological polar surface area (TPSA) is 52.1 Å². The highest BCUT2D eigenvalue weighted by molar-refractivity contribution is 7.08. The molecule has 0 unspecified atom stereocenters. The van der Waals surface area contributed by atoms with Crippen LogP contribution in [0.5, 0.6) is 11.6 Å². The van der Waals surface area contributed by atoms with Gasteiger partial charge >= 0.3 is 0 Å². The lowest BCUT2D eigenvalue weighted by Gasteiger charge is -2.09. The van der Waals surface area contributed by atoms with E-state index in [1.165, 1.54) is 0 Å². The van der Waals surface area contributed by atoms with Gasteiger partial charge in [0.15, 0.2) is 5.82 Å². The van der Waals surface area contributed by atoms with Crippen molar-refractivity contribution in [2.24, 2.45) is 0 Å². The second-order valence-electron chi connectivity index (χ2n) is 5.17. The van der Waals surface area contributed by atoms with Gasteiger partial charge in [0.2, 0.25) is 5.88 Å². The number of para-hydroxylation sites is 1. The molecule has 116 valence electrons. The van der Waals surface area contributed by atoms with E-state index in [9.17, 15) is 4.79 Å². The van der Waals surface area contributed by atoms with Crippen molar-refractivity contribution in [1.29, 1.82) is 0 Å². The Balaban J connectivity index is 1.81. The highest BCUT2D eigenvalue weighted by atomic mass is 32.1. The van der Waals surface area contributed by atoms with Gasteiger partial charge in [-0.05, 0) is 47.8 Å². The van der Waals surface area contributed by atoms with Crippen molar-refractivity contribution >= 4 is 28.5 Å². The number of rotatable bonds is 4. The smallest absolute Gasteiger partial charge is 0.230 e. The standard InChI is InChI=1S/C19H12N2O2S/c22-11-13-5-7-15(8-6-13)23-19-16-3-1-2-4-17(16)20-18(21-19)14-9-10-24-12-14/h1-12H. The average molecular weight is 332 g/mol. The van der Waals surface area contributed by atoms with E-state index in [0.29, 0.717) is 23.0 Å². The third-order valence-electron chi connectivity index (χ3n) is 3.58. The van der Waals surface area contributed by atoms with E-state index in [1.807, 2.05) is 41.1 Å². The molecule has 0 bridgehead atoms. The van der Waals surface area contributed by atoms with Gasteiger partial charge in [-0.25, -0.2) is 4.98 Å². The summed E-state index contributed by atoms with van der Waals surface area (Å²) in [6.45, 7) is 0. The van der Waals surface area contributed by atoms with Gasteiger partial charge in [-0.2, -0.15) is 16.3 Å². The molecule has 24 heavy (non-hydrogen) atoms. The van der Waals surface area contributed by atoms with Crippen molar-refractivity contribution in [1.82, 2.24) is 9.97 Å². The molecule has 0 atom stereocenters. The molecule has 0 N–H and O–H groups in total. The Kier molecular flexibility index (Phi) is 3.76. The van der Waals surface area contributed by atoms with E-state index in [4.69, 9.17) is 4.74 Å². The molecule has 0 amide bonds. The van der Waals surface area contributed by atoms with Crippen LogP contribution in [0.4, 0.5) is 0 Å². The third-order valence-corrected chi connectivity index (χ3v) is 4.26. The summed E-state index contributed by atoms with van der Waals surface area (Å²) in [5.41, 5.74) is 2.40. The lowest BCUT2D eigenvalue weighted by atomic mass is 10.2. The molecule has 2 aromatic heterocycles. The molecule has 5 heteroatoms. The van der Waals surface area contributed by atoms with Crippen LogP contribution in [0.25, 0.3) is 22.3 Å². The summed E-state index contributed by atoms with van der Waals surface area (Å²) in [6.07, 6.45) is 0.804. The Labute approximate surface area is 142 Å². The quantitative estimate of drug-likeness (QED) is 0.495. The first-order valence-electron chi connectivity index (χ1n) is 7.36. The van der Waals surface area contributed by atoms with Crippen molar-refractivity contribution in [3.63, 3.8) is 0 Å². The van der Waals surface area contributed by atoms with Crippen LogP contribution in [0.15, 0.2) is 65.4 Å². The first-order chi connectivity index (χ1) is 11.8. The Morgan fingerprint density at radius 3 is 2.54 bits per heavy atom. The molecule has 4 nitrogen and oxygen atoms in total. The van der Waals surface area contributed by atoms with Crippen molar-refractivity contribution in [2.75, 3.05) is 0 Å². The van der Waals surface area contributed by atoms with E-state index in [0.717, 1.165) is 22.8 Å². The van der Waals surface area contributed by atoms with Gasteiger partial charge in [0.1, 0.15) is 12.0 Å². The number of fused-ring (bicyclic) bond motifs is 1. The van der Waals surface area contributed by atoms with Crippen LogP contribution in [-0.2, 0) is 0 Å². The number of aromatic nitrogens is 2. The maximum absolute atomic E-state index is 10.8. The summed E-state index contributed by atoms with van der Waals surface area (Å²) < 4.78 is 5.97. The van der Waals surface area contributed by atoms with E-state index in [-0.39, 0.29) is 0 Å². The number of aldehydes is 1. The first kappa shape index (κ1) is 14.5. The normalized spacial score (nSPS) is 10.7. The maximum atomic E-state index is 10.8. The van der Waals surface area contributed by atoms with E-state index < -0.39 is 0 Å². The van der Waals surface area contributed by atoms with Gasteiger partial charge < -0.3 is 4.74 Å². The molecule has 0 saturated heterocycles. The van der Waals surface area contributed by atoms with Gasteiger partial charge in [-0.1, -0.05) is 12.1 Å². The fraction of sp³-hybridized carbons (Fsp3) is 0. The molecular weight excluding hydrogens is 320 g/mol. The molecule has 0 fully saturated rings. The van der Waals surface area contributed by atoms with Crippen LogP contribution in [0.3, 0.4) is 0 Å². The predicted octanol–water partition coefficient (Wildman–Crippen LogP) is 4.96. The number of benzene rings is 2. The van der Waals surface area contributed by atoms with Gasteiger partial charge in [-0.15, -0.1) is 0 Å². The fourth-order valence-corrected chi connectivity index (χ4v) is 3.01. The monoisotopic (exact) mass is 332 g/mol. The minimum absolute atomic E-state index is 0.501. The fourth-order valence-electron chi connectivity index (χ4n) is 2.37. The van der Waals surface area contributed by atoms with Gasteiger partial charge in [0, 0.05) is 16.5 Å². The molecule has 2 aromatic carbocycles. The van der Waals surface area contributed by atoms with Crippen molar-refractivity contribution in [3.8, 4) is 23.0 Å². The van der Waals surface area contributed by atoms with Crippen molar-refractivity contribution in [3.05, 3.63) is 70.9 Å². The Morgan fingerprint density at radius 1 is 0.958 bits per heavy atom. The minimum atomic E-state index is 0.501. The summed E-state index contributed by atoms with van der Waals surface area (Å²) in [6, 6.07) is 16.7. The maximum Gasteiger partial charge on any atom is 0.230 e. The Morgan fingerprint density at radius 2 is 1.79 bits per heavy atom. The van der Waals surface area contributed by atoms with Crippen LogP contribution in [0.1, 0.15) is 10.4 Å². The number of hydrogen-bond acceptors (Lipinski definition) is 5. The van der Waals surface area contributed by atoms with Crippen molar-refractivity contribution < 1.29 is 9.53 Å². The van der Waals surface area contributed by atoms with Crippen LogP contribution in [0, 0.1) is 0 Å². The summed E-state index contributed by atoms with van der Waals surface area (Å²) >= 11 is 1.60. The van der Waals surface area contributed by atoms with E-state index in [2.05, 4.69) is 9.97 Å². The summed E-state index contributed by atoms with van der Waals surface area (Å²) in [4.78, 5) is 20.0. The van der Waals surface area contributed by atoms with Gasteiger partial charge in [0.05, 0.1) is 10.9 Å². The first-order valence-corrected chi connectivity index (χ1v) is 8.30. The molecule has 0 aliphatic rings. The molecule has 0 aliphatic heterocycles. The lowest BCUT2D eigenvalue weighted by molar-refractivity contribution is 0.112. The second kappa shape index (κ2) is 6.22. The van der Waals surface area contributed by atoms with E-state index >= 15 is 0 Å². The minimum Gasteiger partial charge on any atom is -0.438 e. The van der Waals surface area contributed by atoms with Gasteiger partial charge in [0.25, 0.3) is 0 Å². The number of hydrogen-bond donors (Lipinski definition) is 0. The number of thiophene rings is 1. The average Bonchev–Trinajstić information content (AvgIpc) is 3.17. The predicted molar refractivity (Wildman–Crippen MR) is 94.8 cm³/mol.